The number of ketones is 1. The van der Waals surface area contributed by atoms with E-state index in [2.05, 4.69) is 10.4 Å². The molecule has 2 saturated heterocycles. The van der Waals surface area contributed by atoms with Crippen LogP contribution in [0, 0.1) is 10.6 Å². The van der Waals surface area contributed by atoms with E-state index in [0.717, 1.165) is 0 Å². The molecule has 0 N–H and O–H groups in total. The van der Waals surface area contributed by atoms with Gasteiger partial charge in [0.1, 0.15) is 17.6 Å². The van der Waals surface area contributed by atoms with Crippen molar-refractivity contribution in [1.29, 1.82) is 0 Å². The Hall–Kier alpha value is -1.97. The predicted molar refractivity (Wildman–Crippen MR) is 73.4 cm³/mol. The predicted octanol–water partition coefficient (Wildman–Crippen LogP) is 1.19. The molecule has 4 rings (SSSR count). The Kier molecular flexibility index (Phi) is 3.13. The summed E-state index contributed by atoms with van der Waals surface area (Å²) >= 11 is 5.33. The van der Waals surface area contributed by atoms with Crippen molar-refractivity contribution in [2.75, 3.05) is 6.61 Å². The lowest BCUT2D eigenvalue weighted by Gasteiger charge is -2.25. The molecule has 0 aliphatic carbocycles. The van der Waals surface area contributed by atoms with E-state index in [4.69, 9.17) is 21.7 Å². The number of hydrogen-bond acceptors (Lipinski definition) is 6. The van der Waals surface area contributed by atoms with E-state index in [1.807, 2.05) is 0 Å². The molecule has 1 aromatic heterocycles. The van der Waals surface area contributed by atoms with Crippen LogP contribution >= 0.6 is 12.2 Å². The lowest BCUT2D eigenvalue weighted by atomic mass is 10.0. The van der Waals surface area contributed by atoms with Crippen LogP contribution in [0.4, 0.5) is 4.39 Å². The van der Waals surface area contributed by atoms with Gasteiger partial charge in [-0.05, 0) is 34.8 Å². The Balaban J connectivity index is 1.75. The maximum atomic E-state index is 13.9. The Morgan fingerprint density at radius 1 is 1.32 bits per heavy atom. The Morgan fingerprint density at radius 3 is 2.95 bits per heavy atom. The van der Waals surface area contributed by atoms with Crippen LogP contribution in [-0.2, 0) is 14.3 Å². The van der Waals surface area contributed by atoms with Gasteiger partial charge in [0.15, 0.2) is 5.78 Å². The number of rotatable bonds is 2. The minimum atomic E-state index is -0.781. The van der Waals surface area contributed by atoms with E-state index in [9.17, 15) is 9.18 Å². The molecule has 0 spiro atoms. The molecule has 0 saturated carbocycles. The number of aromatic nitrogens is 4. The summed E-state index contributed by atoms with van der Waals surface area (Å²) in [7, 11) is 0. The van der Waals surface area contributed by atoms with Gasteiger partial charge in [0.25, 0.3) is 0 Å². The minimum Gasteiger partial charge on any atom is -0.343 e. The average Bonchev–Trinajstić information content (AvgIpc) is 3.10. The lowest BCUT2D eigenvalue weighted by molar-refractivity contribution is -0.156. The highest BCUT2D eigenvalue weighted by Crippen LogP contribution is 2.32. The number of hydrogen-bond donors (Lipinski definition) is 0. The molecule has 2 bridgehead atoms. The van der Waals surface area contributed by atoms with Crippen LogP contribution in [-0.4, -0.2) is 44.6 Å². The molecule has 2 fully saturated rings. The SMILES string of the molecule is O=C1C[C@H](n2nnn(-c3ccccc3F)c2=S)[C@H]2CO[C@@H]1O2. The normalized spacial score (nSPS) is 27.3. The first-order chi connectivity index (χ1) is 10.6. The zero-order valence-electron chi connectivity index (χ0n) is 11.3. The molecular formula is C13H11FN4O3S. The fourth-order valence-electron chi connectivity index (χ4n) is 2.71. The van der Waals surface area contributed by atoms with E-state index in [0.29, 0.717) is 6.61 Å². The fraction of sp³-hybridized carbons (Fsp3) is 0.385. The van der Waals surface area contributed by atoms with Crippen molar-refractivity contribution < 1.29 is 18.7 Å². The number of halogens is 1. The van der Waals surface area contributed by atoms with Gasteiger partial charge in [-0.1, -0.05) is 12.1 Å². The third-order valence-electron chi connectivity index (χ3n) is 3.81. The summed E-state index contributed by atoms with van der Waals surface area (Å²) in [4.78, 5) is 11.9. The Labute approximate surface area is 129 Å². The van der Waals surface area contributed by atoms with Crippen LogP contribution < -0.4 is 0 Å². The first-order valence-electron chi connectivity index (χ1n) is 6.74. The molecule has 7 nitrogen and oxygen atoms in total. The average molecular weight is 322 g/mol. The molecule has 114 valence electrons. The molecule has 0 unspecified atom stereocenters. The van der Waals surface area contributed by atoms with Crippen LogP contribution in [0.2, 0.25) is 0 Å². The van der Waals surface area contributed by atoms with E-state index < -0.39 is 12.1 Å². The van der Waals surface area contributed by atoms with Crippen molar-refractivity contribution in [1.82, 2.24) is 19.8 Å². The highest BCUT2D eigenvalue weighted by molar-refractivity contribution is 7.71. The second-order valence-electron chi connectivity index (χ2n) is 5.15. The number of carbonyl (C=O) groups is 1. The molecule has 2 aliphatic rings. The summed E-state index contributed by atoms with van der Waals surface area (Å²) in [5.74, 6) is -0.605. The van der Waals surface area contributed by atoms with Crippen LogP contribution in [0.15, 0.2) is 24.3 Å². The molecule has 2 aliphatic heterocycles. The van der Waals surface area contributed by atoms with Crippen molar-refractivity contribution in [3.05, 3.63) is 34.9 Å². The van der Waals surface area contributed by atoms with Crippen molar-refractivity contribution >= 4 is 18.0 Å². The van der Waals surface area contributed by atoms with Crippen LogP contribution in [0.3, 0.4) is 0 Å². The summed E-state index contributed by atoms with van der Waals surface area (Å²) in [5, 5.41) is 7.89. The van der Waals surface area contributed by atoms with Gasteiger partial charge in [-0.15, -0.1) is 0 Å². The fourth-order valence-corrected chi connectivity index (χ4v) is 3.01. The first-order valence-corrected chi connectivity index (χ1v) is 7.15. The molecule has 22 heavy (non-hydrogen) atoms. The van der Waals surface area contributed by atoms with Crippen LogP contribution in [0.1, 0.15) is 12.5 Å². The number of Topliss-reactive ketones (excluding diaryl/α,β-unsaturated/α-hetero) is 1. The third kappa shape index (κ3) is 2.01. The van der Waals surface area contributed by atoms with Crippen LogP contribution in [0.5, 0.6) is 0 Å². The van der Waals surface area contributed by atoms with Gasteiger partial charge in [-0.25, -0.2) is 9.07 Å². The summed E-state index contributed by atoms with van der Waals surface area (Å²) in [6, 6.07) is 5.75. The second-order valence-corrected chi connectivity index (χ2v) is 5.51. The van der Waals surface area contributed by atoms with Crippen molar-refractivity contribution in [3.63, 3.8) is 0 Å². The van der Waals surface area contributed by atoms with E-state index >= 15 is 0 Å². The summed E-state index contributed by atoms with van der Waals surface area (Å²) in [5.41, 5.74) is 0.211. The van der Waals surface area contributed by atoms with Crippen molar-refractivity contribution in [2.24, 2.45) is 0 Å². The number of fused-ring (bicyclic) bond motifs is 2. The molecule has 0 amide bonds. The Bertz CT molecular complexity index is 805. The lowest BCUT2D eigenvalue weighted by Crippen LogP contribution is -2.37. The second kappa shape index (κ2) is 5.04. The Morgan fingerprint density at radius 2 is 2.14 bits per heavy atom. The van der Waals surface area contributed by atoms with Crippen molar-refractivity contribution in [3.8, 4) is 5.69 Å². The first kappa shape index (κ1) is 13.7. The number of benzene rings is 1. The van der Waals surface area contributed by atoms with Gasteiger partial charge >= 0.3 is 0 Å². The third-order valence-corrected chi connectivity index (χ3v) is 4.17. The van der Waals surface area contributed by atoms with Gasteiger partial charge in [0, 0.05) is 6.42 Å². The molecule has 3 atom stereocenters. The maximum absolute atomic E-state index is 13.9. The number of nitrogens with zero attached hydrogens (tertiary/aromatic N) is 4. The van der Waals surface area contributed by atoms with E-state index in [-0.39, 0.29) is 34.8 Å². The molecular weight excluding hydrogens is 311 g/mol. The molecule has 1 aromatic carbocycles. The highest BCUT2D eigenvalue weighted by Gasteiger charge is 2.45. The standard InChI is InChI=1S/C13H11FN4O3S/c14-7-3-1-2-4-8(7)17-13(22)18(16-15-17)9-5-10(19)12-20-6-11(9)21-12/h1-4,9,11-12H,5-6H2/t9-,11+,12+/m0/s1. The smallest absolute Gasteiger partial charge is 0.221 e. The van der Waals surface area contributed by atoms with Gasteiger partial charge in [-0.3, -0.25) is 4.79 Å². The van der Waals surface area contributed by atoms with Gasteiger partial charge in [0.05, 0.1) is 12.6 Å². The number of ether oxygens (including phenoxy) is 2. The zero-order chi connectivity index (χ0) is 15.3. The summed E-state index contributed by atoms with van der Waals surface area (Å²) < 4.78 is 27.5. The molecule has 0 radical (unpaired) electrons. The minimum absolute atomic E-state index is 0.152. The molecule has 2 aromatic rings. The molecule has 3 heterocycles. The summed E-state index contributed by atoms with van der Waals surface area (Å²) in [6.45, 7) is 0.301. The number of para-hydroxylation sites is 1. The monoisotopic (exact) mass is 322 g/mol. The topological polar surface area (TPSA) is 71.2 Å². The summed E-state index contributed by atoms with van der Waals surface area (Å²) in [6.07, 6.45) is -0.878. The quantitative estimate of drug-likeness (QED) is 0.774. The van der Waals surface area contributed by atoms with E-state index in [1.54, 1.807) is 18.2 Å². The van der Waals surface area contributed by atoms with Crippen molar-refractivity contribution in [2.45, 2.75) is 24.9 Å². The van der Waals surface area contributed by atoms with Crippen LogP contribution in [0.25, 0.3) is 5.69 Å². The number of tetrazole rings is 1. The van der Waals surface area contributed by atoms with Gasteiger partial charge in [0.2, 0.25) is 11.1 Å². The van der Waals surface area contributed by atoms with E-state index in [1.165, 1.54) is 15.4 Å². The highest BCUT2D eigenvalue weighted by atomic mass is 32.1. The van der Waals surface area contributed by atoms with Gasteiger partial charge < -0.3 is 9.47 Å². The molecule has 9 heteroatoms. The zero-order valence-corrected chi connectivity index (χ0v) is 12.1. The number of carbonyl (C=O) groups excluding carboxylic acids is 1. The largest absolute Gasteiger partial charge is 0.343 e. The van der Waals surface area contributed by atoms with Gasteiger partial charge in [-0.2, -0.15) is 4.68 Å². The maximum Gasteiger partial charge on any atom is 0.221 e.